The number of nitrogens with zero attached hydrogens (tertiary/aromatic N) is 3. The number of nitro groups is 1. The van der Waals surface area contributed by atoms with Crippen molar-refractivity contribution in [2.24, 2.45) is 0 Å². The summed E-state index contributed by atoms with van der Waals surface area (Å²) in [5.74, 6) is 1.87. The van der Waals surface area contributed by atoms with Crippen LogP contribution >= 0.6 is 23.1 Å². The number of non-ortho nitro benzene ring substituents is 1. The molecule has 0 bridgehead atoms. The standard InChI is InChI=1S/C29H32N4O6S2/c1-38-24-12-9-20(18-25(24)39-2)13-15-30-26(34)6-4-3-5-16-32-28(35)27-23(14-17-40-27)31-29(32)41-19-21-7-10-22(11-8-21)33(36)37/h7-12,14,17-18H,3-6,13,15-16,19H2,1-2H3,(H,30,34). The predicted molar refractivity (Wildman–Crippen MR) is 161 cm³/mol. The molecule has 0 saturated carbocycles. The van der Waals surface area contributed by atoms with Gasteiger partial charge in [-0.2, -0.15) is 0 Å². The number of hydrogen-bond donors (Lipinski definition) is 1. The molecule has 0 saturated heterocycles. The Morgan fingerprint density at radius 1 is 1.05 bits per heavy atom. The number of rotatable bonds is 15. The summed E-state index contributed by atoms with van der Waals surface area (Å²) in [6.07, 6.45) is 3.36. The molecular weight excluding hydrogens is 564 g/mol. The molecule has 0 atom stereocenters. The Kier molecular flexibility index (Phi) is 10.7. The highest BCUT2D eigenvalue weighted by Crippen LogP contribution is 2.28. The Morgan fingerprint density at radius 2 is 1.80 bits per heavy atom. The third-order valence-corrected chi connectivity index (χ3v) is 8.45. The summed E-state index contributed by atoms with van der Waals surface area (Å²) in [5, 5.41) is 16.4. The van der Waals surface area contributed by atoms with Gasteiger partial charge in [0.25, 0.3) is 11.2 Å². The van der Waals surface area contributed by atoms with Crippen LogP contribution in [0.5, 0.6) is 11.5 Å². The zero-order chi connectivity index (χ0) is 29.2. The smallest absolute Gasteiger partial charge is 0.272 e. The van der Waals surface area contributed by atoms with Crippen molar-refractivity contribution in [3.63, 3.8) is 0 Å². The average Bonchev–Trinajstić information content (AvgIpc) is 3.46. The van der Waals surface area contributed by atoms with Crippen molar-refractivity contribution in [1.29, 1.82) is 0 Å². The number of benzene rings is 2. The summed E-state index contributed by atoms with van der Waals surface area (Å²) in [7, 11) is 3.19. The number of fused-ring (bicyclic) bond motifs is 1. The molecule has 1 amide bonds. The highest BCUT2D eigenvalue weighted by atomic mass is 32.2. The van der Waals surface area contributed by atoms with E-state index < -0.39 is 4.92 Å². The number of ether oxygens (including phenoxy) is 2. The summed E-state index contributed by atoms with van der Waals surface area (Å²) in [6.45, 7) is 1.04. The largest absolute Gasteiger partial charge is 0.493 e. The van der Waals surface area contributed by atoms with Gasteiger partial charge in [0.05, 0.1) is 24.7 Å². The highest BCUT2D eigenvalue weighted by molar-refractivity contribution is 7.98. The Balaban J connectivity index is 1.25. The molecule has 4 rings (SSSR count). The van der Waals surface area contributed by atoms with Crippen LogP contribution in [-0.4, -0.2) is 41.1 Å². The normalized spacial score (nSPS) is 11.0. The lowest BCUT2D eigenvalue weighted by atomic mass is 10.1. The van der Waals surface area contributed by atoms with E-state index in [1.165, 1.54) is 35.2 Å². The molecular formula is C29H32N4O6S2. The van der Waals surface area contributed by atoms with Gasteiger partial charge in [0.15, 0.2) is 16.7 Å². The van der Waals surface area contributed by atoms with Crippen molar-refractivity contribution < 1.29 is 19.2 Å². The molecule has 10 nitrogen and oxygen atoms in total. The predicted octanol–water partition coefficient (Wildman–Crippen LogP) is 5.60. The Bertz CT molecular complexity index is 1550. The molecule has 4 aromatic rings. The number of thiophene rings is 1. The molecule has 216 valence electrons. The van der Waals surface area contributed by atoms with Gasteiger partial charge in [-0.15, -0.1) is 11.3 Å². The third-order valence-electron chi connectivity index (χ3n) is 6.52. The molecule has 2 aromatic heterocycles. The van der Waals surface area contributed by atoms with Gasteiger partial charge in [0, 0.05) is 37.4 Å². The lowest BCUT2D eigenvalue weighted by Gasteiger charge is -2.12. The van der Waals surface area contributed by atoms with E-state index in [1.807, 2.05) is 29.6 Å². The summed E-state index contributed by atoms with van der Waals surface area (Å²) in [5.41, 5.74) is 2.60. The SMILES string of the molecule is COc1ccc(CCNC(=O)CCCCCn2c(SCc3ccc([N+](=O)[O-])cc3)nc3ccsc3c2=O)cc1OC. The Hall–Kier alpha value is -3.90. The van der Waals surface area contributed by atoms with Crippen LogP contribution in [0.15, 0.2) is 63.9 Å². The van der Waals surface area contributed by atoms with Gasteiger partial charge in [0.1, 0.15) is 4.70 Å². The first-order valence-corrected chi connectivity index (χ1v) is 15.1. The first-order valence-electron chi connectivity index (χ1n) is 13.2. The van der Waals surface area contributed by atoms with Crippen molar-refractivity contribution in [1.82, 2.24) is 14.9 Å². The number of methoxy groups -OCH3 is 2. The quantitative estimate of drug-likeness (QED) is 0.0619. The van der Waals surface area contributed by atoms with E-state index >= 15 is 0 Å². The maximum Gasteiger partial charge on any atom is 0.272 e. The number of amides is 1. The van der Waals surface area contributed by atoms with Crippen molar-refractivity contribution in [2.75, 3.05) is 20.8 Å². The molecule has 0 aliphatic rings. The van der Waals surface area contributed by atoms with Crippen LogP contribution in [-0.2, 0) is 23.5 Å². The molecule has 41 heavy (non-hydrogen) atoms. The highest BCUT2D eigenvalue weighted by Gasteiger charge is 2.14. The number of aromatic nitrogens is 2. The topological polar surface area (TPSA) is 126 Å². The Labute approximate surface area is 245 Å². The van der Waals surface area contributed by atoms with E-state index in [-0.39, 0.29) is 17.2 Å². The number of nitrogens with one attached hydrogen (secondary N) is 1. The van der Waals surface area contributed by atoms with E-state index in [0.717, 1.165) is 30.4 Å². The molecule has 0 aliphatic heterocycles. The zero-order valence-corrected chi connectivity index (χ0v) is 24.6. The van der Waals surface area contributed by atoms with Crippen molar-refractivity contribution in [3.05, 3.63) is 85.5 Å². The van der Waals surface area contributed by atoms with Gasteiger partial charge in [-0.25, -0.2) is 4.98 Å². The first kappa shape index (κ1) is 30.1. The van der Waals surface area contributed by atoms with Crippen LogP contribution in [0.25, 0.3) is 10.2 Å². The van der Waals surface area contributed by atoms with Gasteiger partial charge in [-0.05, 0) is 54.0 Å². The van der Waals surface area contributed by atoms with Crippen molar-refractivity contribution in [2.45, 2.75) is 49.6 Å². The number of nitro benzene ring substituents is 1. The second-order valence-electron chi connectivity index (χ2n) is 9.30. The summed E-state index contributed by atoms with van der Waals surface area (Å²) >= 11 is 2.81. The number of unbranched alkanes of at least 4 members (excludes halogenated alkanes) is 2. The van der Waals surface area contributed by atoms with Gasteiger partial charge < -0.3 is 14.8 Å². The third kappa shape index (κ3) is 8.08. The van der Waals surface area contributed by atoms with E-state index in [9.17, 15) is 19.7 Å². The fourth-order valence-corrected chi connectivity index (χ4v) is 6.06. The van der Waals surface area contributed by atoms with Gasteiger partial charge in [-0.3, -0.25) is 24.3 Å². The molecule has 2 heterocycles. The van der Waals surface area contributed by atoms with Crippen LogP contribution in [0.3, 0.4) is 0 Å². The molecule has 2 aromatic carbocycles. The minimum absolute atomic E-state index is 0.00339. The second kappa shape index (κ2) is 14.6. The van der Waals surface area contributed by atoms with E-state index in [2.05, 4.69) is 5.32 Å². The maximum atomic E-state index is 13.2. The van der Waals surface area contributed by atoms with Gasteiger partial charge in [0.2, 0.25) is 5.91 Å². The van der Waals surface area contributed by atoms with Crippen LogP contribution in [0.2, 0.25) is 0 Å². The van der Waals surface area contributed by atoms with E-state index in [0.29, 0.717) is 58.6 Å². The molecule has 0 radical (unpaired) electrons. The fourth-order valence-electron chi connectivity index (χ4n) is 4.30. The van der Waals surface area contributed by atoms with Crippen LogP contribution in [0.4, 0.5) is 5.69 Å². The van der Waals surface area contributed by atoms with Gasteiger partial charge >= 0.3 is 0 Å². The first-order chi connectivity index (χ1) is 19.9. The number of hydrogen-bond acceptors (Lipinski definition) is 9. The number of thioether (sulfide) groups is 1. The van der Waals surface area contributed by atoms with E-state index in [4.69, 9.17) is 14.5 Å². The summed E-state index contributed by atoms with van der Waals surface area (Å²) in [6, 6.07) is 13.9. The molecule has 0 aliphatic carbocycles. The van der Waals surface area contributed by atoms with Crippen molar-refractivity contribution in [3.8, 4) is 11.5 Å². The van der Waals surface area contributed by atoms with Crippen LogP contribution < -0.4 is 20.3 Å². The number of carbonyl (C=O) groups excluding carboxylic acids is 1. The minimum Gasteiger partial charge on any atom is -0.493 e. The van der Waals surface area contributed by atoms with Gasteiger partial charge in [-0.1, -0.05) is 36.4 Å². The summed E-state index contributed by atoms with van der Waals surface area (Å²) < 4.78 is 12.9. The number of carbonyl (C=O) groups is 1. The maximum absolute atomic E-state index is 13.2. The fraction of sp³-hybridized carbons (Fsp3) is 0.345. The second-order valence-corrected chi connectivity index (χ2v) is 11.2. The molecule has 1 N–H and O–H groups in total. The molecule has 0 fully saturated rings. The monoisotopic (exact) mass is 596 g/mol. The lowest BCUT2D eigenvalue weighted by molar-refractivity contribution is -0.384. The van der Waals surface area contributed by atoms with Crippen LogP contribution in [0.1, 0.15) is 36.8 Å². The average molecular weight is 597 g/mol. The molecule has 12 heteroatoms. The lowest BCUT2D eigenvalue weighted by Crippen LogP contribution is -2.25. The Morgan fingerprint density at radius 3 is 2.54 bits per heavy atom. The van der Waals surface area contributed by atoms with Crippen LogP contribution in [0, 0.1) is 10.1 Å². The van der Waals surface area contributed by atoms with E-state index in [1.54, 1.807) is 30.9 Å². The zero-order valence-electron chi connectivity index (χ0n) is 23.0. The van der Waals surface area contributed by atoms with Crippen molar-refractivity contribution >= 4 is 44.9 Å². The summed E-state index contributed by atoms with van der Waals surface area (Å²) in [4.78, 5) is 40.7. The minimum atomic E-state index is -0.426. The molecule has 0 spiro atoms. The molecule has 0 unspecified atom stereocenters.